The van der Waals surface area contributed by atoms with Crippen molar-refractivity contribution in [2.24, 2.45) is 5.11 Å². The van der Waals surface area contributed by atoms with Crippen molar-refractivity contribution in [2.45, 2.75) is 12.5 Å². The number of hydrogen-bond donors (Lipinski definition) is 2. The number of hydrogen-bond acceptors (Lipinski definition) is 6. The Kier molecular flexibility index (Phi) is 5.35. The minimum Gasteiger partial charge on any atom is -0.862 e. The van der Waals surface area contributed by atoms with Crippen LogP contribution in [0.1, 0.15) is 12.0 Å². The van der Waals surface area contributed by atoms with E-state index < -0.39 is 11.9 Å². The SMILES string of the molecule is COc1cc(C#CC(CC(=N)[O-])N=N)cc(OC)c1. The van der Waals surface area contributed by atoms with E-state index in [2.05, 4.69) is 17.0 Å². The largest absolute Gasteiger partial charge is 0.862 e. The minimum atomic E-state index is -0.793. The van der Waals surface area contributed by atoms with E-state index in [9.17, 15) is 5.11 Å². The second kappa shape index (κ2) is 7.01. The van der Waals surface area contributed by atoms with E-state index in [-0.39, 0.29) is 6.42 Å². The molecule has 0 heterocycles. The molecule has 0 aliphatic heterocycles. The van der Waals surface area contributed by atoms with E-state index in [1.165, 1.54) is 14.2 Å². The van der Waals surface area contributed by atoms with Crippen molar-refractivity contribution in [3.05, 3.63) is 23.8 Å². The lowest BCUT2D eigenvalue weighted by Crippen LogP contribution is -2.20. The van der Waals surface area contributed by atoms with Crippen molar-refractivity contribution in [3.63, 3.8) is 0 Å². The molecule has 0 radical (unpaired) electrons. The van der Waals surface area contributed by atoms with Crippen LogP contribution in [-0.2, 0) is 0 Å². The molecule has 1 rings (SSSR count). The Morgan fingerprint density at radius 1 is 1.32 bits per heavy atom. The summed E-state index contributed by atoms with van der Waals surface area (Å²) < 4.78 is 10.2. The molecule has 1 aromatic rings. The molecule has 0 fully saturated rings. The van der Waals surface area contributed by atoms with Crippen molar-refractivity contribution in [1.82, 2.24) is 0 Å². The van der Waals surface area contributed by atoms with Gasteiger partial charge in [0, 0.05) is 18.1 Å². The molecule has 6 heteroatoms. The van der Waals surface area contributed by atoms with E-state index in [0.29, 0.717) is 17.1 Å². The summed E-state index contributed by atoms with van der Waals surface area (Å²) in [6.45, 7) is 0. The lowest BCUT2D eigenvalue weighted by molar-refractivity contribution is -0.220. The van der Waals surface area contributed by atoms with Crippen LogP contribution in [0.15, 0.2) is 23.3 Å². The summed E-state index contributed by atoms with van der Waals surface area (Å²) in [5.41, 5.74) is 7.54. The van der Waals surface area contributed by atoms with Crippen LogP contribution in [0.3, 0.4) is 0 Å². The first-order valence-corrected chi connectivity index (χ1v) is 5.44. The van der Waals surface area contributed by atoms with Crippen molar-refractivity contribution < 1.29 is 14.6 Å². The number of ether oxygens (including phenoxy) is 2. The van der Waals surface area contributed by atoms with Gasteiger partial charge in [-0.3, -0.25) is 0 Å². The molecule has 0 aliphatic rings. The van der Waals surface area contributed by atoms with E-state index in [4.69, 9.17) is 20.4 Å². The first-order valence-electron chi connectivity index (χ1n) is 5.44. The Morgan fingerprint density at radius 2 is 1.89 bits per heavy atom. The molecule has 2 N–H and O–H groups in total. The Morgan fingerprint density at radius 3 is 2.32 bits per heavy atom. The molecule has 0 saturated carbocycles. The van der Waals surface area contributed by atoms with E-state index in [1.807, 2.05) is 0 Å². The van der Waals surface area contributed by atoms with Gasteiger partial charge in [-0.25, -0.2) is 5.53 Å². The molecule has 0 spiro atoms. The highest BCUT2D eigenvalue weighted by Gasteiger charge is 2.02. The van der Waals surface area contributed by atoms with Crippen LogP contribution in [-0.4, -0.2) is 26.2 Å². The standard InChI is InChI=1S/C13H15N3O3/c1-18-11-5-9(6-12(8-11)19-2)3-4-10(16-15)7-13(14)17/h5-6,8,10,15H,7H2,1-2H3,(H2,14,17)/p-1. The summed E-state index contributed by atoms with van der Waals surface area (Å²) in [6, 6.07) is 4.34. The normalized spacial score (nSPS) is 10.8. The fourth-order valence-corrected chi connectivity index (χ4v) is 1.35. The molecule has 1 aromatic carbocycles. The molecule has 0 bridgehead atoms. The highest BCUT2D eigenvalue weighted by atomic mass is 16.5. The first-order chi connectivity index (χ1) is 9.08. The average molecular weight is 260 g/mol. The Hall–Kier alpha value is -2.55. The quantitative estimate of drug-likeness (QED) is 0.359. The third-order valence-corrected chi connectivity index (χ3v) is 2.27. The zero-order valence-electron chi connectivity index (χ0n) is 10.7. The molecule has 0 aliphatic carbocycles. The summed E-state index contributed by atoms with van der Waals surface area (Å²) in [5, 5.41) is 20.7. The van der Waals surface area contributed by atoms with Crippen LogP contribution in [0.2, 0.25) is 0 Å². The summed E-state index contributed by atoms with van der Waals surface area (Å²) in [6.07, 6.45) is -0.183. The van der Waals surface area contributed by atoms with Crippen molar-refractivity contribution in [1.29, 1.82) is 10.9 Å². The number of benzene rings is 1. The first kappa shape index (κ1) is 14.5. The smallest absolute Gasteiger partial charge is 0.135 e. The molecule has 0 saturated heterocycles. The van der Waals surface area contributed by atoms with E-state index in [1.54, 1.807) is 18.2 Å². The number of methoxy groups -OCH3 is 2. The van der Waals surface area contributed by atoms with Gasteiger partial charge >= 0.3 is 0 Å². The molecule has 19 heavy (non-hydrogen) atoms. The van der Waals surface area contributed by atoms with E-state index >= 15 is 0 Å². The molecular formula is C13H14N3O3-. The second-order valence-corrected chi connectivity index (χ2v) is 3.64. The molecule has 0 amide bonds. The van der Waals surface area contributed by atoms with Gasteiger partial charge in [-0.1, -0.05) is 11.8 Å². The molecule has 6 nitrogen and oxygen atoms in total. The Balaban J connectivity index is 2.97. The highest BCUT2D eigenvalue weighted by molar-refractivity contribution is 5.69. The van der Waals surface area contributed by atoms with Gasteiger partial charge in [0.1, 0.15) is 17.5 Å². The number of nitrogens with one attached hydrogen (secondary N) is 2. The van der Waals surface area contributed by atoms with Gasteiger partial charge in [0.25, 0.3) is 0 Å². The fourth-order valence-electron chi connectivity index (χ4n) is 1.35. The lowest BCUT2D eigenvalue weighted by Gasteiger charge is -2.08. The van der Waals surface area contributed by atoms with Crippen LogP contribution in [0.4, 0.5) is 0 Å². The van der Waals surface area contributed by atoms with Gasteiger partial charge in [0.05, 0.1) is 14.2 Å². The predicted molar refractivity (Wildman–Crippen MR) is 67.7 cm³/mol. The van der Waals surface area contributed by atoms with Gasteiger partial charge in [0.2, 0.25) is 0 Å². The second-order valence-electron chi connectivity index (χ2n) is 3.64. The van der Waals surface area contributed by atoms with Gasteiger partial charge in [-0.15, -0.1) is 0 Å². The molecule has 100 valence electrons. The average Bonchev–Trinajstić information content (AvgIpc) is 2.42. The summed E-state index contributed by atoms with van der Waals surface area (Å²) in [4.78, 5) is 0. The van der Waals surface area contributed by atoms with Gasteiger partial charge in [-0.05, 0) is 18.0 Å². The topological polar surface area (TPSA) is 102 Å². The lowest BCUT2D eigenvalue weighted by atomic mass is 10.1. The van der Waals surface area contributed by atoms with Gasteiger partial charge in [0.15, 0.2) is 0 Å². The Bertz CT molecular complexity index is 509. The van der Waals surface area contributed by atoms with Crippen LogP contribution >= 0.6 is 0 Å². The Labute approximate surface area is 111 Å². The maximum atomic E-state index is 10.6. The van der Waals surface area contributed by atoms with Crippen LogP contribution in [0.25, 0.3) is 0 Å². The predicted octanol–water partition coefficient (Wildman–Crippen LogP) is 1.18. The van der Waals surface area contributed by atoms with Crippen LogP contribution in [0, 0.1) is 22.8 Å². The zero-order valence-corrected chi connectivity index (χ0v) is 10.7. The number of nitrogens with zero attached hydrogens (tertiary/aromatic N) is 1. The molecule has 1 unspecified atom stereocenters. The maximum Gasteiger partial charge on any atom is 0.135 e. The van der Waals surface area contributed by atoms with E-state index in [0.717, 1.165) is 0 Å². The van der Waals surface area contributed by atoms with Crippen LogP contribution < -0.4 is 14.6 Å². The molecule has 1 atom stereocenters. The number of rotatable bonds is 5. The highest BCUT2D eigenvalue weighted by Crippen LogP contribution is 2.21. The van der Waals surface area contributed by atoms with Crippen molar-refractivity contribution in [2.75, 3.05) is 14.2 Å². The van der Waals surface area contributed by atoms with Gasteiger partial charge < -0.3 is 20.0 Å². The van der Waals surface area contributed by atoms with Crippen molar-refractivity contribution in [3.8, 4) is 23.3 Å². The third-order valence-electron chi connectivity index (χ3n) is 2.27. The van der Waals surface area contributed by atoms with Crippen LogP contribution in [0.5, 0.6) is 11.5 Å². The fraction of sp³-hybridized carbons (Fsp3) is 0.308. The molecular weight excluding hydrogens is 246 g/mol. The van der Waals surface area contributed by atoms with Gasteiger partial charge in [-0.2, -0.15) is 5.11 Å². The molecule has 0 aromatic heterocycles. The summed E-state index contributed by atoms with van der Waals surface area (Å²) in [7, 11) is 3.07. The monoisotopic (exact) mass is 260 g/mol. The summed E-state index contributed by atoms with van der Waals surface area (Å²) in [5.74, 6) is 5.86. The summed E-state index contributed by atoms with van der Waals surface area (Å²) >= 11 is 0. The maximum absolute atomic E-state index is 10.6. The minimum absolute atomic E-state index is 0.183. The third kappa shape index (κ3) is 4.68. The zero-order chi connectivity index (χ0) is 14.3. The van der Waals surface area contributed by atoms with Crippen molar-refractivity contribution >= 4 is 5.90 Å².